The standard InChI is InChI=1S/C10H9BrClNO2/c1-6(14)7-2-3-9(8(11)4-7)13-10(15)5-12/h2-4H,5H2,1H3,(H,13,15). The smallest absolute Gasteiger partial charge is 0.239 e. The van der Waals surface area contributed by atoms with Crippen LogP contribution in [-0.4, -0.2) is 17.6 Å². The van der Waals surface area contributed by atoms with Gasteiger partial charge in [-0.1, -0.05) is 0 Å². The molecule has 0 fully saturated rings. The second-order valence-corrected chi connectivity index (χ2v) is 4.05. The number of rotatable bonds is 3. The summed E-state index contributed by atoms with van der Waals surface area (Å²) in [6, 6.07) is 4.97. The normalized spacial score (nSPS) is 9.80. The van der Waals surface area contributed by atoms with Gasteiger partial charge in [-0.3, -0.25) is 9.59 Å². The number of nitrogens with one attached hydrogen (secondary N) is 1. The van der Waals surface area contributed by atoms with Gasteiger partial charge in [0, 0.05) is 10.0 Å². The van der Waals surface area contributed by atoms with Crippen LogP contribution in [0.1, 0.15) is 17.3 Å². The highest BCUT2D eigenvalue weighted by molar-refractivity contribution is 9.10. The van der Waals surface area contributed by atoms with E-state index < -0.39 is 0 Å². The summed E-state index contributed by atoms with van der Waals surface area (Å²) >= 11 is 8.62. The first kappa shape index (κ1) is 12.2. The molecule has 1 aromatic rings. The Morgan fingerprint density at radius 2 is 2.13 bits per heavy atom. The molecular formula is C10H9BrClNO2. The number of anilines is 1. The van der Waals surface area contributed by atoms with Crippen molar-refractivity contribution < 1.29 is 9.59 Å². The van der Waals surface area contributed by atoms with Crippen LogP contribution in [0.15, 0.2) is 22.7 Å². The maximum Gasteiger partial charge on any atom is 0.239 e. The van der Waals surface area contributed by atoms with Crippen molar-refractivity contribution in [1.29, 1.82) is 0 Å². The lowest BCUT2D eigenvalue weighted by molar-refractivity contribution is -0.113. The molecule has 0 saturated heterocycles. The number of alkyl halides is 1. The maximum absolute atomic E-state index is 11.1. The number of benzene rings is 1. The molecule has 1 aromatic carbocycles. The molecule has 0 aliphatic heterocycles. The molecule has 0 heterocycles. The largest absolute Gasteiger partial charge is 0.324 e. The Hall–Kier alpha value is -0.870. The van der Waals surface area contributed by atoms with Gasteiger partial charge in [-0.2, -0.15) is 0 Å². The van der Waals surface area contributed by atoms with Crippen LogP contribution >= 0.6 is 27.5 Å². The first-order valence-electron chi connectivity index (χ1n) is 4.21. The molecule has 0 spiro atoms. The van der Waals surface area contributed by atoms with E-state index in [1.807, 2.05) is 0 Å². The first-order valence-corrected chi connectivity index (χ1v) is 5.53. The molecular weight excluding hydrogens is 281 g/mol. The van der Waals surface area contributed by atoms with Crippen molar-refractivity contribution in [3.63, 3.8) is 0 Å². The van der Waals surface area contributed by atoms with Gasteiger partial charge in [0.2, 0.25) is 5.91 Å². The van der Waals surface area contributed by atoms with E-state index in [0.29, 0.717) is 15.7 Å². The van der Waals surface area contributed by atoms with E-state index in [0.717, 1.165) is 0 Å². The third-order valence-corrected chi connectivity index (χ3v) is 2.67. The van der Waals surface area contributed by atoms with Gasteiger partial charge in [0.05, 0.1) is 5.69 Å². The number of halogens is 2. The third kappa shape index (κ3) is 3.32. The Morgan fingerprint density at radius 1 is 1.47 bits per heavy atom. The molecule has 0 aromatic heterocycles. The fourth-order valence-electron chi connectivity index (χ4n) is 1.02. The summed E-state index contributed by atoms with van der Waals surface area (Å²) in [6.45, 7) is 1.48. The quantitative estimate of drug-likeness (QED) is 0.687. The summed E-state index contributed by atoms with van der Waals surface area (Å²) in [5.41, 5.74) is 1.19. The second kappa shape index (κ2) is 5.28. The van der Waals surface area contributed by atoms with E-state index in [-0.39, 0.29) is 17.6 Å². The Balaban J connectivity index is 2.93. The summed E-state index contributed by atoms with van der Waals surface area (Å²) in [6.07, 6.45) is 0. The van der Waals surface area contributed by atoms with E-state index in [1.165, 1.54) is 6.92 Å². The number of amides is 1. The van der Waals surface area contributed by atoms with Crippen molar-refractivity contribution in [2.75, 3.05) is 11.2 Å². The monoisotopic (exact) mass is 289 g/mol. The lowest BCUT2D eigenvalue weighted by atomic mass is 10.1. The lowest BCUT2D eigenvalue weighted by Crippen LogP contribution is -2.13. The summed E-state index contributed by atoms with van der Waals surface area (Å²) in [7, 11) is 0. The summed E-state index contributed by atoms with van der Waals surface area (Å²) < 4.78 is 0.661. The zero-order valence-electron chi connectivity index (χ0n) is 8.01. The number of hydrogen-bond acceptors (Lipinski definition) is 2. The van der Waals surface area contributed by atoms with E-state index in [1.54, 1.807) is 18.2 Å². The maximum atomic E-state index is 11.1. The van der Waals surface area contributed by atoms with Crippen LogP contribution < -0.4 is 5.32 Å². The number of Topliss-reactive ketones (excluding diaryl/α,β-unsaturated/α-hetero) is 1. The molecule has 0 radical (unpaired) electrons. The molecule has 1 rings (SSSR count). The molecule has 15 heavy (non-hydrogen) atoms. The molecule has 3 nitrogen and oxygen atoms in total. The van der Waals surface area contributed by atoms with Crippen LogP contribution in [-0.2, 0) is 4.79 Å². The van der Waals surface area contributed by atoms with E-state index in [2.05, 4.69) is 21.2 Å². The summed E-state index contributed by atoms with van der Waals surface area (Å²) in [5.74, 6) is -0.403. The van der Waals surface area contributed by atoms with Crippen LogP contribution in [0.4, 0.5) is 5.69 Å². The second-order valence-electron chi connectivity index (χ2n) is 2.93. The van der Waals surface area contributed by atoms with Crippen molar-refractivity contribution in [3.05, 3.63) is 28.2 Å². The molecule has 80 valence electrons. The molecule has 0 atom stereocenters. The van der Waals surface area contributed by atoms with E-state index >= 15 is 0 Å². The molecule has 1 N–H and O–H groups in total. The topological polar surface area (TPSA) is 46.2 Å². The molecule has 0 aliphatic carbocycles. The minimum absolute atomic E-state index is 0.0223. The highest BCUT2D eigenvalue weighted by Crippen LogP contribution is 2.23. The van der Waals surface area contributed by atoms with Gasteiger partial charge < -0.3 is 5.32 Å². The molecule has 0 bridgehead atoms. The Bertz CT molecular complexity index is 406. The van der Waals surface area contributed by atoms with Crippen molar-refractivity contribution >= 4 is 44.9 Å². The number of hydrogen-bond donors (Lipinski definition) is 1. The number of carbonyl (C=O) groups is 2. The minimum Gasteiger partial charge on any atom is -0.324 e. The number of carbonyl (C=O) groups excluding carboxylic acids is 2. The first-order chi connectivity index (χ1) is 7.04. The van der Waals surface area contributed by atoms with Gasteiger partial charge in [-0.15, -0.1) is 11.6 Å². The fourth-order valence-corrected chi connectivity index (χ4v) is 1.56. The van der Waals surface area contributed by atoms with Crippen LogP contribution in [0.3, 0.4) is 0 Å². The van der Waals surface area contributed by atoms with Crippen LogP contribution in [0.25, 0.3) is 0 Å². The lowest BCUT2D eigenvalue weighted by Gasteiger charge is -2.06. The van der Waals surface area contributed by atoms with Gasteiger partial charge in [-0.05, 0) is 41.1 Å². The van der Waals surface area contributed by atoms with Gasteiger partial charge in [-0.25, -0.2) is 0 Å². The van der Waals surface area contributed by atoms with Gasteiger partial charge in [0.25, 0.3) is 0 Å². The van der Waals surface area contributed by atoms with E-state index in [9.17, 15) is 9.59 Å². The number of ketones is 1. The van der Waals surface area contributed by atoms with E-state index in [4.69, 9.17) is 11.6 Å². The van der Waals surface area contributed by atoms with Gasteiger partial charge in [0.1, 0.15) is 5.88 Å². The average molecular weight is 291 g/mol. The molecule has 0 saturated carbocycles. The van der Waals surface area contributed by atoms with Crippen LogP contribution in [0.2, 0.25) is 0 Å². The minimum atomic E-state index is -0.284. The van der Waals surface area contributed by atoms with Crippen molar-refractivity contribution in [1.82, 2.24) is 0 Å². The van der Waals surface area contributed by atoms with Crippen molar-refractivity contribution in [3.8, 4) is 0 Å². The molecule has 0 unspecified atom stereocenters. The Morgan fingerprint density at radius 3 is 2.60 bits per heavy atom. The van der Waals surface area contributed by atoms with Crippen LogP contribution in [0.5, 0.6) is 0 Å². The van der Waals surface area contributed by atoms with Crippen molar-refractivity contribution in [2.45, 2.75) is 6.92 Å². The molecule has 0 aliphatic rings. The third-order valence-electron chi connectivity index (χ3n) is 1.77. The predicted octanol–water partition coefficient (Wildman–Crippen LogP) is 2.83. The van der Waals surface area contributed by atoms with Crippen LogP contribution in [0, 0.1) is 0 Å². The van der Waals surface area contributed by atoms with Gasteiger partial charge in [0.15, 0.2) is 5.78 Å². The fraction of sp³-hybridized carbons (Fsp3) is 0.200. The predicted molar refractivity (Wildman–Crippen MR) is 63.5 cm³/mol. The van der Waals surface area contributed by atoms with Crippen molar-refractivity contribution in [2.24, 2.45) is 0 Å². The average Bonchev–Trinajstić information content (AvgIpc) is 2.20. The zero-order chi connectivity index (χ0) is 11.4. The van der Waals surface area contributed by atoms with Gasteiger partial charge >= 0.3 is 0 Å². The molecule has 1 amide bonds. The highest BCUT2D eigenvalue weighted by Gasteiger charge is 2.06. The molecule has 5 heteroatoms. The highest BCUT2D eigenvalue weighted by atomic mass is 79.9. The Kier molecular flexibility index (Phi) is 4.29. The zero-order valence-corrected chi connectivity index (χ0v) is 10.4. The summed E-state index contributed by atoms with van der Waals surface area (Å²) in [5, 5.41) is 2.60. The Labute approximate surface area is 101 Å². The summed E-state index contributed by atoms with van der Waals surface area (Å²) in [4.78, 5) is 22.1. The SMILES string of the molecule is CC(=O)c1ccc(NC(=O)CCl)c(Br)c1.